The lowest BCUT2D eigenvalue weighted by atomic mass is 10.1. The zero-order valence-electron chi connectivity index (χ0n) is 13.5. The molecule has 0 aliphatic rings. The van der Waals surface area contributed by atoms with Gasteiger partial charge in [0.1, 0.15) is 4.88 Å². The number of thiophene rings is 1. The zero-order valence-corrected chi connectivity index (χ0v) is 15.0. The Bertz CT molecular complexity index is 913. The van der Waals surface area contributed by atoms with E-state index in [0.29, 0.717) is 9.90 Å². The molecule has 0 aliphatic heterocycles. The van der Waals surface area contributed by atoms with Gasteiger partial charge in [0.25, 0.3) is 5.91 Å². The summed E-state index contributed by atoms with van der Waals surface area (Å²) in [7, 11) is 0. The van der Waals surface area contributed by atoms with Crippen LogP contribution < -0.4 is 5.43 Å². The Morgan fingerprint density at radius 2 is 2.00 bits per heavy atom. The summed E-state index contributed by atoms with van der Waals surface area (Å²) >= 11 is 7.71. The third-order valence-corrected chi connectivity index (χ3v) is 5.41. The average molecular weight is 357 g/mol. The van der Waals surface area contributed by atoms with E-state index in [-0.39, 0.29) is 5.91 Å². The number of benzene rings is 2. The predicted molar refractivity (Wildman–Crippen MR) is 102 cm³/mol. The summed E-state index contributed by atoms with van der Waals surface area (Å²) in [5, 5.41) is 5.41. The van der Waals surface area contributed by atoms with Crippen LogP contribution in [0.3, 0.4) is 0 Å². The largest absolute Gasteiger partial charge is 0.283 e. The van der Waals surface area contributed by atoms with Crippen molar-refractivity contribution in [2.75, 3.05) is 0 Å². The van der Waals surface area contributed by atoms with Gasteiger partial charge in [-0.25, -0.2) is 5.43 Å². The van der Waals surface area contributed by atoms with Gasteiger partial charge in [-0.05, 0) is 36.1 Å². The van der Waals surface area contributed by atoms with Crippen LogP contribution in [0.1, 0.15) is 33.3 Å². The molecule has 1 N–H and O–H groups in total. The second-order valence-corrected chi connectivity index (χ2v) is 6.97. The highest BCUT2D eigenvalue weighted by molar-refractivity contribution is 7.21. The van der Waals surface area contributed by atoms with Gasteiger partial charge >= 0.3 is 0 Å². The first-order chi connectivity index (χ1) is 11.6. The van der Waals surface area contributed by atoms with E-state index in [1.54, 1.807) is 6.21 Å². The van der Waals surface area contributed by atoms with E-state index in [4.69, 9.17) is 11.6 Å². The minimum absolute atomic E-state index is 0.291. The molecule has 0 saturated heterocycles. The number of halogens is 1. The summed E-state index contributed by atoms with van der Waals surface area (Å²) in [5.41, 5.74) is 5.89. The van der Waals surface area contributed by atoms with Crippen molar-refractivity contribution in [2.24, 2.45) is 5.10 Å². The van der Waals surface area contributed by atoms with E-state index in [9.17, 15) is 4.79 Å². The Morgan fingerprint density at radius 1 is 1.25 bits per heavy atom. The second-order valence-electron chi connectivity index (χ2n) is 5.54. The number of aryl methyl sites for hydroxylation is 2. The van der Waals surface area contributed by atoms with Gasteiger partial charge < -0.3 is 0 Å². The Morgan fingerprint density at radius 3 is 2.71 bits per heavy atom. The van der Waals surface area contributed by atoms with Crippen molar-refractivity contribution in [1.29, 1.82) is 0 Å². The number of hydrazone groups is 1. The minimum atomic E-state index is -0.291. The minimum Gasteiger partial charge on any atom is -0.266 e. The molecular weight excluding hydrogens is 340 g/mol. The maximum Gasteiger partial charge on any atom is 0.283 e. The molecule has 0 atom stereocenters. The molecule has 2 aromatic carbocycles. The van der Waals surface area contributed by atoms with Gasteiger partial charge in [0.2, 0.25) is 0 Å². The van der Waals surface area contributed by atoms with Crippen molar-refractivity contribution >= 4 is 45.1 Å². The topological polar surface area (TPSA) is 41.5 Å². The van der Waals surface area contributed by atoms with Crippen molar-refractivity contribution in [3.05, 3.63) is 69.1 Å². The van der Waals surface area contributed by atoms with Crippen LogP contribution in [0.5, 0.6) is 0 Å². The van der Waals surface area contributed by atoms with E-state index in [1.807, 2.05) is 49.4 Å². The van der Waals surface area contributed by atoms with E-state index in [2.05, 4.69) is 17.5 Å². The van der Waals surface area contributed by atoms with Crippen molar-refractivity contribution < 1.29 is 4.79 Å². The highest BCUT2D eigenvalue weighted by Gasteiger charge is 2.16. The lowest BCUT2D eigenvalue weighted by molar-refractivity contribution is 0.0959. The van der Waals surface area contributed by atoms with Gasteiger partial charge in [-0.15, -0.1) is 11.3 Å². The van der Waals surface area contributed by atoms with E-state index in [0.717, 1.165) is 27.6 Å². The second kappa shape index (κ2) is 7.16. The number of hydrogen-bond acceptors (Lipinski definition) is 3. The Labute approximate surface area is 150 Å². The van der Waals surface area contributed by atoms with Gasteiger partial charge in [0.15, 0.2) is 0 Å². The van der Waals surface area contributed by atoms with Gasteiger partial charge in [0, 0.05) is 10.1 Å². The molecule has 1 heterocycles. The molecule has 1 amide bonds. The number of nitrogens with one attached hydrogen (secondary N) is 1. The van der Waals surface area contributed by atoms with Crippen LogP contribution in [-0.2, 0) is 6.42 Å². The predicted octanol–water partition coefficient (Wildman–Crippen LogP) is 5.19. The van der Waals surface area contributed by atoms with Crippen molar-refractivity contribution in [1.82, 2.24) is 5.43 Å². The number of nitrogens with zero attached hydrogens (tertiary/aromatic N) is 1. The highest BCUT2D eigenvalue weighted by Crippen LogP contribution is 2.35. The number of hydrogen-bond donors (Lipinski definition) is 1. The molecule has 24 heavy (non-hydrogen) atoms. The van der Waals surface area contributed by atoms with Gasteiger partial charge in [-0.2, -0.15) is 5.10 Å². The van der Waals surface area contributed by atoms with Crippen LogP contribution >= 0.6 is 22.9 Å². The molecule has 3 nitrogen and oxygen atoms in total. The van der Waals surface area contributed by atoms with Gasteiger partial charge in [-0.1, -0.05) is 54.9 Å². The van der Waals surface area contributed by atoms with Crippen LogP contribution in [0.25, 0.3) is 10.1 Å². The Balaban J connectivity index is 1.74. The summed E-state index contributed by atoms with van der Waals surface area (Å²) in [4.78, 5) is 12.8. The van der Waals surface area contributed by atoms with Crippen LogP contribution in [0.2, 0.25) is 5.02 Å². The third kappa shape index (κ3) is 3.50. The Kier molecular flexibility index (Phi) is 4.97. The summed E-state index contributed by atoms with van der Waals surface area (Å²) in [6.07, 6.45) is 2.63. The fourth-order valence-corrected chi connectivity index (χ4v) is 3.88. The van der Waals surface area contributed by atoms with Crippen LogP contribution in [-0.4, -0.2) is 12.1 Å². The molecule has 0 unspecified atom stereocenters. The number of carbonyl (C=O) groups is 1. The van der Waals surface area contributed by atoms with E-state index in [1.165, 1.54) is 16.9 Å². The lowest BCUT2D eigenvalue weighted by Crippen LogP contribution is -2.16. The van der Waals surface area contributed by atoms with Gasteiger partial charge in [0.05, 0.1) is 11.2 Å². The summed E-state index contributed by atoms with van der Waals surface area (Å²) in [6, 6.07) is 14.0. The van der Waals surface area contributed by atoms with Crippen LogP contribution in [0.4, 0.5) is 0 Å². The van der Waals surface area contributed by atoms with Crippen molar-refractivity contribution in [3.8, 4) is 0 Å². The van der Waals surface area contributed by atoms with Crippen molar-refractivity contribution in [2.45, 2.75) is 20.3 Å². The number of carbonyl (C=O) groups excluding carboxylic acids is 1. The number of fused-ring (bicyclic) bond motifs is 1. The summed E-state index contributed by atoms with van der Waals surface area (Å²) < 4.78 is 1.00. The summed E-state index contributed by atoms with van der Waals surface area (Å²) in [5.74, 6) is -0.291. The van der Waals surface area contributed by atoms with Crippen LogP contribution in [0, 0.1) is 6.92 Å². The van der Waals surface area contributed by atoms with Gasteiger partial charge in [-0.3, -0.25) is 4.79 Å². The number of amides is 1. The van der Waals surface area contributed by atoms with E-state index >= 15 is 0 Å². The molecule has 0 bridgehead atoms. The molecule has 0 radical (unpaired) electrons. The maximum atomic E-state index is 12.3. The first-order valence-electron chi connectivity index (χ1n) is 7.69. The normalized spacial score (nSPS) is 11.3. The molecular formula is C19H17ClN2OS. The monoisotopic (exact) mass is 356 g/mol. The lowest BCUT2D eigenvalue weighted by Gasteiger charge is -1.99. The maximum absolute atomic E-state index is 12.3. The molecule has 122 valence electrons. The first-order valence-corrected chi connectivity index (χ1v) is 8.89. The first kappa shape index (κ1) is 16.7. The average Bonchev–Trinajstić information content (AvgIpc) is 2.91. The Hall–Kier alpha value is -2.17. The van der Waals surface area contributed by atoms with Crippen molar-refractivity contribution in [3.63, 3.8) is 0 Å². The molecule has 0 aliphatic carbocycles. The smallest absolute Gasteiger partial charge is 0.266 e. The third-order valence-electron chi connectivity index (χ3n) is 3.76. The standard InChI is InChI=1S/C19H17ClN2OS/c1-3-13-5-7-14(8-6-13)11-21-22-19(23)18-17(20)15-9-4-12(2)10-16(15)24-18/h4-11H,3H2,1-2H3,(H,22,23). The fraction of sp³-hybridized carbons (Fsp3) is 0.158. The molecule has 3 rings (SSSR count). The zero-order chi connectivity index (χ0) is 17.1. The fourth-order valence-electron chi connectivity index (χ4n) is 2.37. The highest BCUT2D eigenvalue weighted by atomic mass is 35.5. The molecule has 5 heteroatoms. The molecule has 0 fully saturated rings. The quantitative estimate of drug-likeness (QED) is 0.507. The molecule has 3 aromatic rings. The molecule has 0 spiro atoms. The molecule has 0 saturated carbocycles. The SMILES string of the molecule is CCc1ccc(C=NNC(=O)c2sc3cc(C)ccc3c2Cl)cc1. The van der Waals surface area contributed by atoms with E-state index < -0.39 is 0 Å². The molecule has 1 aromatic heterocycles. The summed E-state index contributed by atoms with van der Waals surface area (Å²) in [6.45, 7) is 4.13. The van der Waals surface area contributed by atoms with Crippen LogP contribution in [0.15, 0.2) is 47.6 Å². The number of rotatable bonds is 4.